The van der Waals surface area contributed by atoms with E-state index in [0.717, 1.165) is 6.54 Å². The van der Waals surface area contributed by atoms with Gasteiger partial charge >= 0.3 is 0 Å². The molecule has 1 saturated heterocycles. The summed E-state index contributed by atoms with van der Waals surface area (Å²) in [4.78, 5) is 0. The van der Waals surface area contributed by atoms with Gasteiger partial charge in [0.25, 0.3) is 0 Å². The maximum Gasteiger partial charge on any atom is 0.0241 e. The van der Waals surface area contributed by atoms with Crippen LogP contribution in [-0.2, 0) is 0 Å². The topological polar surface area (TPSA) is 29.3 Å². The van der Waals surface area contributed by atoms with Crippen molar-refractivity contribution < 1.29 is 0 Å². The highest BCUT2D eigenvalue weighted by molar-refractivity contribution is 7.97. The van der Waals surface area contributed by atoms with Crippen LogP contribution in [0.2, 0.25) is 0 Å². The Morgan fingerprint density at radius 2 is 2.45 bits per heavy atom. The van der Waals surface area contributed by atoms with Crippen molar-refractivity contribution in [3.8, 4) is 0 Å². The summed E-state index contributed by atoms with van der Waals surface area (Å²) in [5.74, 6) is 1.24. The van der Waals surface area contributed by atoms with Gasteiger partial charge in [0.15, 0.2) is 0 Å². The van der Waals surface area contributed by atoms with Crippen LogP contribution in [0.4, 0.5) is 0 Å². The van der Waals surface area contributed by atoms with Gasteiger partial charge in [-0.05, 0) is 19.3 Å². The molecule has 1 atom stereocenters. The number of hydrogen-bond donors (Lipinski definition) is 1. The van der Waals surface area contributed by atoms with Crippen LogP contribution in [0.5, 0.6) is 0 Å². The molecule has 0 radical (unpaired) electrons. The summed E-state index contributed by atoms with van der Waals surface area (Å²) in [6, 6.07) is 0.424. The van der Waals surface area contributed by atoms with Gasteiger partial charge in [-0.2, -0.15) is 0 Å². The molecule has 11 heavy (non-hydrogen) atoms. The van der Waals surface area contributed by atoms with Crippen molar-refractivity contribution in [2.24, 2.45) is 5.73 Å². The Bertz CT molecular complexity index is 108. The average molecular weight is 174 g/mol. The lowest BCUT2D eigenvalue weighted by Crippen LogP contribution is -2.39. The van der Waals surface area contributed by atoms with Crippen LogP contribution < -0.4 is 5.73 Å². The van der Waals surface area contributed by atoms with E-state index in [1.54, 1.807) is 0 Å². The number of nitrogens with two attached hydrogens (primary N) is 1. The second kappa shape index (κ2) is 5.01. The van der Waals surface area contributed by atoms with E-state index < -0.39 is 0 Å². The van der Waals surface area contributed by atoms with Crippen molar-refractivity contribution >= 4 is 11.9 Å². The van der Waals surface area contributed by atoms with E-state index in [2.05, 4.69) is 11.2 Å². The second-order valence-electron chi connectivity index (χ2n) is 3.12. The third kappa shape index (κ3) is 3.45. The molecule has 3 heteroatoms. The molecule has 0 aromatic heterocycles. The summed E-state index contributed by atoms with van der Waals surface area (Å²) < 4.78 is 2.41. The van der Waals surface area contributed by atoms with Gasteiger partial charge in [0.1, 0.15) is 0 Å². The predicted octanol–water partition coefficient (Wildman–Crippen LogP) is 1.47. The van der Waals surface area contributed by atoms with Crippen LogP contribution in [0, 0.1) is 0 Å². The zero-order valence-corrected chi connectivity index (χ0v) is 8.07. The van der Waals surface area contributed by atoms with Gasteiger partial charge < -0.3 is 5.73 Å². The summed E-state index contributed by atoms with van der Waals surface area (Å²) >= 11 is 1.95. The standard InChI is InChI=1S/C8H18N2S/c1-2-6-11-10-5-3-4-8(9)7-10/h8H,2-7,9H2,1H3. The molecule has 0 saturated carbocycles. The van der Waals surface area contributed by atoms with Crippen LogP contribution in [0.3, 0.4) is 0 Å². The SMILES string of the molecule is CCCSN1CCCC(N)C1. The minimum atomic E-state index is 0.424. The molecule has 1 fully saturated rings. The zero-order valence-electron chi connectivity index (χ0n) is 7.25. The molecular weight excluding hydrogens is 156 g/mol. The predicted molar refractivity (Wildman–Crippen MR) is 51.5 cm³/mol. The first-order valence-electron chi connectivity index (χ1n) is 4.46. The number of nitrogens with zero attached hydrogens (tertiary/aromatic N) is 1. The van der Waals surface area contributed by atoms with E-state index in [1.165, 1.54) is 31.6 Å². The van der Waals surface area contributed by atoms with Crippen molar-refractivity contribution in [3.63, 3.8) is 0 Å². The Hall–Kier alpha value is 0.270. The summed E-state index contributed by atoms with van der Waals surface area (Å²) in [7, 11) is 0. The smallest absolute Gasteiger partial charge is 0.0241 e. The first kappa shape index (κ1) is 9.36. The van der Waals surface area contributed by atoms with Crippen LogP contribution >= 0.6 is 11.9 Å². The van der Waals surface area contributed by atoms with E-state index in [0.29, 0.717) is 6.04 Å². The minimum absolute atomic E-state index is 0.424. The molecule has 0 aliphatic carbocycles. The molecule has 0 spiro atoms. The van der Waals surface area contributed by atoms with Gasteiger partial charge in [-0.25, -0.2) is 4.31 Å². The highest BCUT2D eigenvalue weighted by atomic mass is 32.2. The fourth-order valence-corrected chi connectivity index (χ4v) is 2.31. The Balaban J connectivity index is 2.12. The lowest BCUT2D eigenvalue weighted by Gasteiger charge is -2.29. The number of hydrogen-bond acceptors (Lipinski definition) is 3. The molecule has 0 amide bonds. The van der Waals surface area contributed by atoms with E-state index in [4.69, 9.17) is 5.73 Å². The monoisotopic (exact) mass is 174 g/mol. The van der Waals surface area contributed by atoms with Crippen LogP contribution in [0.25, 0.3) is 0 Å². The molecule has 1 aliphatic heterocycles. The molecule has 0 aromatic rings. The second-order valence-corrected chi connectivity index (χ2v) is 4.31. The molecule has 1 heterocycles. The first-order chi connectivity index (χ1) is 5.33. The van der Waals surface area contributed by atoms with Crippen molar-refractivity contribution in [2.45, 2.75) is 32.2 Å². The third-order valence-corrected chi connectivity index (χ3v) is 3.19. The Labute approximate surface area is 73.6 Å². The quantitative estimate of drug-likeness (QED) is 0.657. The van der Waals surface area contributed by atoms with Crippen LogP contribution in [-0.4, -0.2) is 29.2 Å². The summed E-state index contributed by atoms with van der Waals surface area (Å²) in [5.41, 5.74) is 5.84. The summed E-state index contributed by atoms with van der Waals surface area (Å²) in [5, 5.41) is 0. The number of piperidine rings is 1. The largest absolute Gasteiger partial charge is 0.327 e. The Kier molecular flexibility index (Phi) is 4.26. The van der Waals surface area contributed by atoms with Crippen molar-refractivity contribution in [2.75, 3.05) is 18.8 Å². The fraction of sp³-hybridized carbons (Fsp3) is 1.00. The zero-order chi connectivity index (χ0) is 8.10. The molecule has 2 nitrogen and oxygen atoms in total. The minimum Gasteiger partial charge on any atom is -0.327 e. The highest BCUT2D eigenvalue weighted by Gasteiger charge is 2.15. The maximum atomic E-state index is 5.84. The van der Waals surface area contributed by atoms with Gasteiger partial charge in [0.05, 0.1) is 0 Å². The van der Waals surface area contributed by atoms with E-state index in [9.17, 15) is 0 Å². The van der Waals surface area contributed by atoms with Crippen LogP contribution in [0.15, 0.2) is 0 Å². The van der Waals surface area contributed by atoms with Crippen molar-refractivity contribution in [1.82, 2.24) is 4.31 Å². The lowest BCUT2D eigenvalue weighted by molar-refractivity contribution is 0.342. The van der Waals surface area contributed by atoms with Crippen molar-refractivity contribution in [3.05, 3.63) is 0 Å². The molecule has 1 aliphatic rings. The van der Waals surface area contributed by atoms with Crippen LogP contribution in [0.1, 0.15) is 26.2 Å². The Morgan fingerprint density at radius 3 is 3.09 bits per heavy atom. The van der Waals surface area contributed by atoms with E-state index in [-0.39, 0.29) is 0 Å². The Morgan fingerprint density at radius 1 is 1.64 bits per heavy atom. The van der Waals surface area contributed by atoms with Gasteiger partial charge in [0, 0.05) is 24.9 Å². The summed E-state index contributed by atoms with van der Waals surface area (Å²) in [6.07, 6.45) is 3.75. The first-order valence-corrected chi connectivity index (χ1v) is 5.40. The summed E-state index contributed by atoms with van der Waals surface area (Å²) in [6.45, 7) is 4.54. The van der Waals surface area contributed by atoms with E-state index in [1.807, 2.05) is 11.9 Å². The highest BCUT2D eigenvalue weighted by Crippen LogP contribution is 2.17. The normalized spacial score (nSPS) is 27.3. The number of rotatable bonds is 3. The lowest BCUT2D eigenvalue weighted by atomic mass is 10.1. The molecule has 1 rings (SSSR count). The fourth-order valence-electron chi connectivity index (χ4n) is 1.31. The molecule has 0 bridgehead atoms. The molecule has 66 valence electrons. The third-order valence-electron chi connectivity index (χ3n) is 1.90. The van der Waals surface area contributed by atoms with Gasteiger partial charge in [-0.1, -0.05) is 18.9 Å². The molecule has 2 N–H and O–H groups in total. The van der Waals surface area contributed by atoms with Crippen molar-refractivity contribution in [1.29, 1.82) is 0 Å². The van der Waals surface area contributed by atoms with Gasteiger partial charge in [-0.15, -0.1) is 0 Å². The van der Waals surface area contributed by atoms with Gasteiger partial charge in [-0.3, -0.25) is 0 Å². The molecule has 1 unspecified atom stereocenters. The average Bonchev–Trinajstić information content (AvgIpc) is 2.01. The maximum absolute atomic E-state index is 5.84. The van der Waals surface area contributed by atoms with E-state index >= 15 is 0 Å². The van der Waals surface area contributed by atoms with Gasteiger partial charge in [0.2, 0.25) is 0 Å². The molecule has 0 aromatic carbocycles. The molecular formula is C8H18N2S.